The van der Waals surface area contributed by atoms with Gasteiger partial charge >= 0.3 is 5.97 Å². The molecule has 88 valence electrons. The van der Waals surface area contributed by atoms with E-state index >= 15 is 0 Å². The quantitative estimate of drug-likeness (QED) is 0.500. The van der Waals surface area contributed by atoms with Crippen LogP contribution in [-0.4, -0.2) is 29.1 Å². The topological polar surface area (TPSA) is 44.8 Å². The second-order valence-electron chi connectivity index (χ2n) is 5.28. The molecule has 16 heavy (non-hydrogen) atoms. The second kappa shape index (κ2) is 2.68. The Labute approximate surface area is 94.5 Å². The summed E-state index contributed by atoms with van der Waals surface area (Å²) in [5.41, 5.74) is -1.32. The number of carbonyl (C=O) groups is 1. The lowest BCUT2D eigenvalue weighted by Gasteiger charge is -2.34. The van der Waals surface area contributed by atoms with Crippen molar-refractivity contribution < 1.29 is 19.0 Å². The Kier molecular flexibility index (Phi) is 1.73. The highest BCUT2D eigenvalue weighted by Crippen LogP contribution is 2.58. The molecule has 0 aromatic carbocycles. The lowest BCUT2D eigenvalue weighted by molar-refractivity contribution is -0.189. The highest BCUT2D eigenvalue weighted by Gasteiger charge is 2.73. The van der Waals surface area contributed by atoms with E-state index in [4.69, 9.17) is 14.2 Å². The van der Waals surface area contributed by atoms with Gasteiger partial charge in [0.2, 0.25) is 0 Å². The van der Waals surface area contributed by atoms with Crippen LogP contribution in [-0.2, 0) is 19.0 Å². The zero-order valence-electron chi connectivity index (χ0n) is 9.62. The summed E-state index contributed by atoms with van der Waals surface area (Å²) in [6, 6.07) is 0. The molecule has 2 saturated heterocycles. The Morgan fingerprint density at radius 3 is 2.94 bits per heavy atom. The van der Waals surface area contributed by atoms with Crippen molar-refractivity contribution in [2.45, 2.75) is 56.2 Å². The van der Waals surface area contributed by atoms with Crippen molar-refractivity contribution in [1.82, 2.24) is 0 Å². The van der Waals surface area contributed by atoms with E-state index in [0.29, 0.717) is 0 Å². The Morgan fingerprint density at radius 2 is 2.25 bits per heavy atom. The molecule has 1 saturated carbocycles. The monoisotopic (exact) mass is 224 g/mol. The van der Waals surface area contributed by atoms with Crippen molar-refractivity contribution in [3.63, 3.8) is 0 Å². The fourth-order valence-corrected chi connectivity index (χ4v) is 3.38. The van der Waals surface area contributed by atoms with E-state index in [1.165, 1.54) is 0 Å². The first-order chi connectivity index (χ1) is 7.43. The SMILES string of the molecule is C=C[C@]12CC[C@@H]3OC(C)(C)O[C@@]31CC(=O)O2. The molecule has 0 aromatic heterocycles. The van der Waals surface area contributed by atoms with Crippen LogP contribution in [0.4, 0.5) is 0 Å². The molecule has 2 aliphatic heterocycles. The fourth-order valence-electron chi connectivity index (χ4n) is 3.38. The number of ether oxygens (including phenoxy) is 3. The van der Waals surface area contributed by atoms with Crippen molar-refractivity contribution >= 4 is 5.97 Å². The van der Waals surface area contributed by atoms with E-state index < -0.39 is 17.0 Å². The molecule has 1 spiro atoms. The Bertz CT molecular complexity index is 375. The lowest BCUT2D eigenvalue weighted by atomic mass is 9.84. The van der Waals surface area contributed by atoms with Gasteiger partial charge in [0.05, 0.1) is 12.5 Å². The van der Waals surface area contributed by atoms with Gasteiger partial charge in [-0.1, -0.05) is 6.58 Å². The van der Waals surface area contributed by atoms with E-state index in [0.717, 1.165) is 12.8 Å². The van der Waals surface area contributed by atoms with Crippen molar-refractivity contribution in [2.75, 3.05) is 0 Å². The van der Waals surface area contributed by atoms with Gasteiger partial charge in [0.15, 0.2) is 17.0 Å². The van der Waals surface area contributed by atoms with Crippen molar-refractivity contribution in [3.8, 4) is 0 Å². The molecule has 0 aromatic rings. The third-order valence-electron chi connectivity index (χ3n) is 3.90. The van der Waals surface area contributed by atoms with Gasteiger partial charge < -0.3 is 14.2 Å². The third-order valence-corrected chi connectivity index (χ3v) is 3.90. The summed E-state index contributed by atoms with van der Waals surface area (Å²) in [4.78, 5) is 11.6. The van der Waals surface area contributed by atoms with E-state index in [1.54, 1.807) is 6.08 Å². The van der Waals surface area contributed by atoms with Gasteiger partial charge in [0, 0.05) is 0 Å². The van der Waals surface area contributed by atoms with Crippen molar-refractivity contribution in [3.05, 3.63) is 12.7 Å². The van der Waals surface area contributed by atoms with Gasteiger partial charge in [-0.25, -0.2) is 0 Å². The van der Waals surface area contributed by atoms with Gasteiger partial charge in [-0.15, -0.1) is 0 Å². The summed E-state index contributed by atoms with van der Waals surface area (Å²) in [6.45, 7) is 7.54. The molecule has 0 bridgehead atoms. The van der Waals surface area contributed by atoms with Crippen LogP contribution in [0, 0.1) is 0 Å². The molecule has 0 unspecified atom stereocenters. The van der Waals surface area contributed by atoms with E-state index in [9.17, 15) is 4.79 Å². The molecular formula is C12H16O4. The minimum absolute atomic E-state index is 0.0630. The summed E-state index contributed by atoms with van der Waals surface area (Å²) >= 11 is 0. The Balaban J connectivity index is 2.08. The van der Waals surface area contributed by atoms with Crippen LogP contribution < -0.4 is 0 Å². The van der Waals surface area contributed by atoms with Crippen LogP contribution in [0.2, 0.25) is 0 Å². The molecule has 0 radical (unpaired) electrons. The van der Waals surface area contributed by atoms with Gasteiger partial charge in [-0.05, 0) is 32.8 Å². The maximum atomic E-state index is 11.6. The predicted octanol–water partition coefficient (Wildman–Crippen LogP) is 1.54. The highest BCUT2D eigenvalue weighted by atomic mass is 16.8. The molecule has 4 nitrogen and oxygen atoms in total. The standard InChI is InChI=1S/C12H16O4/c1-4-11-6-5-8-12(11,7-9(13)15-11)16-10(2,3)14-8/h4,8H,1,5-7H2,2-3H3/t8-,11-,12-/m0/s1. The van der Waals surface area contributed by atoms with Crippen LogP contribution in [0.5, 0.6) is 0 Å². The predicted molar refractivity (Wildman–Crippen MR) is 55.6 cm³/mol. The maximum absolute atomic E-state index is 11.6. The number of carbonyl (C=O) groups excluding carboxylic acids is 1. The summed E-state index contributed by atoms with van der Waals surface area (Å²) in [5, 5.41) is 0. The second-order valence-corrected chi connectivity index (χ2v) is 5.28. The minimum atomic E-state index is -0.678. The van der Waals surface area contributed by atoms with E-state index in [2.05, 4.69) is 6.58 Å². The highest BCUT2D eigenvalue weighted by molar-refractivity contribution is 5.76. The van der Waals surface area contributed by atoms with Crippen molar-refractivity contribution in [1.29, 1.82) is 0 Å². The molecule has 0 N–H and O–H groups in total. The lowest BCUT2D eigenvalue weighted by Crippen LogP contribution is -2.50. The molecule has 3 aliphatic rings. The van der Waals surface area contributed by atoms with Gasteiger partial charge in [0.1, 0.15) is 0 Å². The molecule has 0 amide bonds. The number of hydrogen-bond acceptors (Lipinski definition) is 4. The normalized spacial score (nSPS) is 48.6. The molecule has 3 atom stereocenters. The van der Waals surface area contributed by atoms with Crippen LogP contribution in [0.15, 0.2) is 12.7 Å². The summed E-state index contributed by atoms with van der Waals surface area (Å²) in [6.07, 6.45) is 3.51. The number of hydrogen-bond donors (Lipinski definition) is 0. The molecule has 4 heteroatoms. The summed E-state index contributed by atoms with van der Waals surface area (Å²) in [5.74, 6) is -0.862. The zero-order valence-corrected chi connectivity index (χ0v) is 9.62. The zero-order chi connectivity index (χ0) is 11.6. The Morgan fingerprint density at radius 1 is 1.50 bits per heavy atom. The fraction of sp³-hybridized carbons (Fsp3) is 0.750. The number of rotatable bonds is 1. The molecule has 3 fully saturated rings. The molecule has 3 rings (SSSR count). The maximum Gasteiger partial charge on any atom is 0.309 e. The van der Waals surface area contributed by atoms with Crippen LogP contribution in [0.3, 0.4) is 0 Å². The first kappa shape index (κ1) is 10.3. The molecule has 2 heterocycles. The van der Waals surface area contributed by atoms with Gasteiger partial charge in [-0.2, -0.15) is 0 Å². The van der Waals surface area contributed by atoms with Crippen LogP contribution in [0.1, 0.15) is 33.1 Å². The van der Waals surface area contributed by atoms with Gasteiger partial charge in [-0.3, -0.25) is 4.79 Å². The Hall–Kier alpha value is -0.870. The first-order valence-corrected chi connectivity index (χ1v) is 5.66. The van der Waals surface area contributed by atoms with Gasteiger partial charge in [0.25, 0.3) is 0 Å². The molecular weight excluding hydrogens is 208 g/mol. The minimum Gasteiger partial charge on any atom is -0.451 e. The summed E-state index contributed by atoms with van der Waals surface area (Å²) < 4.78 is 17.3. The average Bonchev–Trinajstić information content (AvgIpc) is 2.67. The van der Waals surface area contributed by atoms with Crippen LogP contribution >= 0.6 is 0 Å². The molecule has 1 aliphatic carbocycles. The average molecular weight is 224 g/mol. The van der Waals surface area contributed by atoms with Crippen LogP contribution in [0.25, 0.3) is 0 Å². The largest absolute Gasteiger partial charge is 0.451 e. The van der Waals surface area contributed by atoms with E-state index in [1.807, 2.05) is 13.8 Å². The first-order valence-electron chi connectivity index (χ1n) is 5.66. The number of esters is 1. The smallest absolute Gasteiger partial charge is 0.309 e. The van der Waals surface area contributed by atoms with E-state index in [-0.39, 0.29) is 18.5 Å². The van der Waals surface area contributed by atoms with Crippen molar-refractivity contribution in [2.24, 2.45) is 0 Å². The summed E-state index contributed by atoms with van der Waals surface area (Å²) in [7, 11) is 0. The third kappa shape index (κ3) is 0.992.